The molecule has 11 heteroatoms. The van der Waals surface area contributed by atoms with E-state index in [-0.39, 0.29) is 30.1 Å². The predicted molar refractivity (Wildman–Crippen MR) is 163 cm³/mol. The van der Waals surface area contributed by atoms with E-state index in [1.165, 1.54) is 0 Å². The van der Waals surface area contributed by atoms with Gasteiger partial charge >= 0.3 is 6.03 Å². The minimum absolute atomic E-state index is 0.00698. The molecule has 2 aromatic carbocycles. The number of aromatic nitrogens is 1. The third-order valence-corrected chi connectivity index (χ3v) is 9.64. The van der Waals surface area contributed by atoms with Crippen molar-refractivity contribution in [3.8, 4) is 11.3 Å². The van der Waals surface area contributed by atoms with Crippen LogP contribution in [0.15, 0.2) is 47.0 Å². The second kappa shape index (κ2) is 12.1. The Morgan fingerprint density at radius 2 is 1.67 bits per heavy atom. The van der Waals surface area contributed by atoms with Crippen LogP contribution in [0.1, 0.15) is 66.1 Å². The third-order valence-electron chi connectivity index (χ3n) is 9.01. The lowest BCUT2D eigenvalue weighted by molar-refractivity contribution is -0.0158. The Morgan fingerprint density at radius 3 is 2.37 bits per heavy atom. The first kappa shape index (κ1) is 28.6. The highest BCUT2D eigenvalue weighted by Crippen LogP contribution is 2.46. The van der Waals surface area contributed by atoms with Crippen molar-refractivity contribution in [1.82, 2.24) is 15.0 Å². The highest BCUT2D eigenvalue weighted by Gasteiger charge is 2.44. The lowest BCUT2D eigenvalue weighted by atomic mass is 9.99. The molecule has 7 rings (SSSR count). The zero-order valence-electron chi connectivity index (χ0n) is 23.8. The molecule has 2 atom stereocenters. The molecule has 1 saturated carbocycles. The minimum atomic E-state index is -0.132. The molecule has 1 aliphatic carbocycles. The van der Waals surface area contributed by atoms with Crippen molar-refractivity contribution in [1.29, 1.82) is 0 Å². The van der Waals surface area contributed by atoms with Gasteiger partial charge in [-0.3, -0.25) is 4.79 Å². The summed E-state index contributed by atoms with van der Waals surface area (Å²) in [6.45, 7) is 2.59. The summed E-state index contributed by atoms with van der Waals surface area (Å²) in [5.41, 5.74) is 3.41. The molecule has 0 radical (unpaired) electrons. The van der Waals surface area contributed by atoms with Crippen molar-refractivity contribution in [3.63, 3.8) is 0 Å². The molecular weight excluding hydrogens is 591 g/mol. The molecule has 3 amide bonds. The maximum absolute atomic E-state index is 13.5. The first-order valence-electron chi connectivity index (χ1n) is 15.1. The Hall–Kier alpha value is -3.11. The van der Waals surface area contributed by atoms with Crippen LogP contribution in [0.4, 0.5) is 10.5 Å². The van der Waals surface area contributed by atoms with E-state index in [1.807, 2.05) is 23.1 Å². The van der Waals surface area contributed by atoms with E-state index in [9.17, 15) is 9.59 Å². The Morgan fingerprint density at radius 1 is 0.977 bits per heavy atom. The number of rotatable bonds is 7. The number of amides is 3. The van der Waals surface area contributed by atoms with Gasteiger partial charge in [0.25, 0.3) is 5.91 Å². The fourth-order valence-corrected chi connectivity index (χ4v) is 7.29. The summed E-state index contributed by atoms with van der Waals surface area (Å²) in [5, 5.41) is 8.48. The fraction of sp³-hybridized carbons (Fsp3) is 0.469. The van der Waals surface area contributed by atoms with Gasteiger partial charge in [-0.05, 0) is 68.9 Å². The van der Waals surface area contributed by atoms with E-state index in [2.05, 4.69) is 10.5 Å². The number of nitrogens with one attached hydrogen (secondary N) is 1. The van der Waals surface area contributed by atoms with Crippen molar-refractivity contribution in [3.05, 3.63) is 69.4 Å². The van der Waals surface area contributed by atoms with Crippen molar-refractivity contribution in [2.45, 2.75) is 69.2 Å². The van der Waals surface area contributed by atoms with Crippen molar-refractivity contribution >= 4 is 40.8 Å². The van der Waals surface area contributed by atoms with E-state index in [0.29, 0.717) is 71.4 Å². The van der Waals surface area contributed by atoms with E-state index in [1.54, 1.807) is 29.2 Å². The molecule has 4 fully saturated rings. The van der Waals surface area contributed by atoms with Crippen LogP contribution < -0.4 is 5.32 Å². The summed E-state index contributed by atoms with van der Waals surface area (Å²) in [7, 11) is 0. The number of hydrogen-bond donors (Lipinski definition) is 1. The molecule has 3 saturated heterocycles. The van der Waals surface area contributed by atoms with Gasteiger partial charge in [-0.15, -0.1) is 0 Å². The van der Waals surface area contributed by atoms with Crippen LogP contribution in [-0.4, -0.2) is 71.4 Å². The van der Waals surface area contributed by atoms with Gasteiger partial charge < -0.3 is 29.1 Å². The number of hydrogen-bond acceptors (Lipinski definition) is 6. The summed E-state index contributed by atoms with van der Waals surface area (Å²) in [4.78, 5) is 30.2. The van der Waals surface area contributed by atoms with Gasteiger partial charge in [0.2, 0.25) is 0 Å². The maximum atomic E-state index is 13.5. The number of morpholine rings is 1. The average molecular weight is 626 g/mol. The van der Waals surface area contributed by atoms with Crippen molar-refractivity contribution < 1.29 is 23.6 Å². The van der Waals surface area contributed by atoms with Gasteiger partial charge in [0, 0.05) is 53.5 Å². The molecule has 3 aliphatic heterocycles. The van der Waals surface area contributed by atoms with Crippen molar-refractivity contribution in [2.24, 2.45) is 0 Å². The number of fused-ring (bicyclic) bond motifs is 2. The number of nitrogens with zero attached hydrogens (tertiary/aromatic N) is 3. The van der Waals surface area contributed by atoms with Gasteiger partial charge in [0.1, 0.15) is 11.5 Å². The summed E-state index contributed by atoms with van der Waals surface area (Å²) >= 11 is 13.1. The van der Waals surface area contributed by atoms with E-state index >= 15 is 0 Å². The molecule has 43 heavy (non-hydrogen) atoms. The minimum Gasteiger partial charge on any atom is -0.378 e. The molecule has 4 aliphatic rings. The zero-order valence-corrected chi connectivity index (χ0v) is 25.3. The predicted octanol–water partition coefficient (Wildman–Crippen LogP) is 6.74. The van der Waals surface area contributed by atoms with Crippen molar-refractivity contribution in [2.75, 3.05) is 31.6 Å². The highest BCUT2D eigenvalue weighted by molar-refractivity contribution is 6.39. The monoisotopic (exact) mass is 624 g/mol. The van der Waals surface area contributed by atoms with Crippen LogP contribution >= 0.6 is 23.2 Å². The highest BCUT2D eigenvalue weighted by atomic mass is 35.5. The van der Waals surface area contributed by atoms with Crippen LogP contribution in [0.25, 0.3) is 11.3 Å². The lowest BCUT2D eigenvalue weighted by Gasteiger charge is -2.38. The largest absolute Gasteiger partial charge is 0.378 e. The Labute approximate surface area is 260 Å². The quantitative estimate of drug-likeness (QED) is 0.312. The number of halogens is 2. The van der Waals surface area contributed by atoms with E-state index < -0.39 is 0 Å². The van der Waals surface area contributed by atoms with Crippen LogP contribution in [0, 0.1) is 0 Å². The maximum Gasteiger partial charge on any atom is 0.322 e. The molecule has 1 aromatic heterocycles. The number of carbonyl (C=O) groups is 2. The normalized spacial score (nSPS) is 23.4. The first-order valence-corrected chi connectivity index (χ1v) is 15.8. The van der Waals surface area contributed by atoms with Crippen LogP contribution in [-0.2, 0) is 16.1 Å². The summed E-state index contributed by atoms with van der Waals surface area (Å²) in [6, 6.07) is 12.6. The fourth-order valence-electron chi connectivity index (χ4n) is 6.71. The summed E-state index contributed by atoms with van der Waals surface area (Å²) < 4.78 is 17.7. The number of anilines is 1. The topological polar surface area (TPSA) is 97.1 Å². The number of urea groups is 1. The summed E-state index contributed by atoms with van der Waals surface area (Å²) in [5.74, 6) is 1.17. The molecule has 4 heterocycles. The molecule has 1 N–H and O–H groups in total. The molecule has 3 aromatic rings. The van der Waals surface area contributed by atoms with Gasteiger partial charge in [0.15, 0.2) is 0 Å². The smallest absolute Gasteiger partial charge is 0.322 e. The van der Waals surface area contributed by atoms with Gasteiger partial charge in [0.05, 0.1) is 36.0 Å². The molecule has 2 unspecified atom stereocenters. The van der Waals surface area contributed by atoms with Gasteiger partial charge in [-0.25, -0.2) is 4.79 Å². The number of benzene rings is 2. The number of carbonyl (C=O) groups excluding carboxylic acids is 2. The molecular formula is C32H34Cl2N4O5. The second-order valence-electron chi connectivity index (χ2n) is 11.9. The first-order chi connectivity index (χ1) is 21.0. The van der Waals surface area contributed by atoms with Crippen LogP contribution in [0.5, 0.6) is 0 Å². The molecule has 9 nitrogen and oxygen atoms in total. The number of ether oxygens (including phenoxy) is 2. The van der Waals surface area contributed by atoms with Gasteiger partial charge in [-0.1, -0.05) is 40.5 Å². The standard InChI is InChI=1S/C32H34Cl2N4O5/c33-26-5-2-6-27(34)28(26)29-25(30(43-36-29)19-7-8-19)18-42-24-16-22-9-10-23(17-24)38(22)32(40)35-21-4-1-3-20(15-21)31(39)37-11-13-41-14-12-37/h1-6,15,19,22-24H,7-14,16-18H2,(H,35,40). The second-order valence-corrected chi connectivity index (χ2v) is 12.7. The lowest BCUT2D eigenvalue weighted by Crippen LogP contribution is -2.50. The number of piperidine rings is 1. The third kappa shape index (κ3) is 5.88. The van der Waals surface area contributed by atoms with Gasteiger partial charge in [-0.2, -0.15) is 0 Å². The average Bonchev–Trinajstić information content (AvgIpc) is 3.72. The Balaban J connectivity index is 1.00. The Bertz CT molecular complexity index is 1480. The zero-order chi connectivity index (χ0) is 29.5. The molecule has 226 valence electrons. The Kier molecular flexibility index (Phi) is 8.07. The summed E-state index contributed by atoms with van der Waals surface area (Å²) in [6.07, 6.45) is 5.53. The van der Waals surface area contributed by atoms with E-state index in [4.69, 9.17) is 37.2 Å². The SMILES string of the molecule is O=C(c1cccc(NC(=O)N2C3CCC2CC(OCc2c(-c4c(Cl)cccc4Cl)noc2C2CC2)C3)c1)N1CCOCC1. The van der Waals surface area contributed by atoms with E-state index in [0.717, 1.165) is 49.8 Å². The van der Waals surface area contributed by atoms with Crippen LogP contribution in [0.2, 0.25) is 10.0 Å². The molecule has 2 bridgehead atoms. The molecule has 0 spiro atoms. The van der Waals surface area contributed by atoms with Crippen LogP contribution in [0.3, 0.4) is 0 Å².